The predicted molar refractivity (Wildman–Crippen MR) is 29.0 cm³/mol. The van der Waals surface area contributed by atoms with E-state index in [9.17, 15) is 4.79 Å². The van der Waals surface area contributed by atoms with E-state index in [4.69, 9.17) is 0 Å². The van der Waals surface area contributed by atoms with Crippen molar-refractivity contribution in [1.29, 1.82) is 0 Å². The highest BCUT2D eigenvalue weighted by Crippen LogP contribution is 1.77. The molecule has 0 saturated heterocycles. The van der Waals surface area contributed by atoms with Crippen LogP contribution in [0.15, 0.2) is 12.2 Å². The fourth-order valence-corrected chi connectivity index (χ4v) is 0.323. The monoisotopic (exact) mass is 148 g/mol. The van der Waals surface area contributed by atoms with Gasteiger partial charge in [-0.15, -0.1) is 0 Å². The van der Waals surface area contributed by atoms with Crippen molar-refractivity contribution in [3.8, 4) is 0 Å². The summed E-state index contributed by atoms with van der Waals surface area (Å²) >= 11 is 3.10. The Morgan fingerprint density at radius 2 is 2.33 bits per heavy atom. The zero-order valence-corrected chi connectivity index (χ0v) is 4.81. The van der Waals surface area contributed by atoms with Gasteiger partial charge in [-0.1, -0.05) is 22.0 Å². The number of hydrogen-bond acceptors (Lipinski definition) is 1. The van der Waals surface area contributed by atoms with Crippen molar-refractivity contribution in [2.45, 2.75) is 0 Å². The molecule has 34 valence electrons. The average molecular weight is 149 g/mol. The van der Waals surface area contributed by atoms with Gasteiger partial charge in [0.2, 0.25) is 0 Å². The highest BCUT2D eigenvalue weighted by Gasteiger charge is 1.60. The Hall–Kier alpha value is -0.110. The first-order chi connectivity index (χ1) is 2.91. The molecule has 0 aliphatic rings. The first kappa shape index (κ1) is 5.89. The van der Waals surface area contributed by atoms with Crippen LogP contribution in [0.1, 0.15) is 0 Å². The Balaban J connectivity index is 2.94. The molecule has 0 aliphatic carbocycles. The maximum atomic E-state index is 9.46. The number of halogens is 1. The van der Waals surface area contributed by atoms with Gasteiger partial charge in [0.15, 0.2) is 0 Å². The van der Waals surface area contributed by atoms with Crippen molar-refractivity contribution in [3.63, 3.8) is 0 Å². The number of hydrogen-bond donors (Lipinski definition) is 0. The van der Waals surface area contributed by atoms with Gasteiger partial charge in [0.25, 0.3) is 0 Å². The third kappa shape index (κ3) is 3.89. The molecule has 0 unspecified atom stereocenters. The summed E-state index contributed by atoms with van der Waals surface area (Å²) in [5, 5.41) is 0.756. The van der Waals surface area contributed by atoms with Crippen LogP contribution in [0.4, 0.5) is 0 Å². The number of alkyl halides is 1. The molecule has 0 fully saturated rings. The fraction of sp³-hybridized carbons (Fsp3) is 0.250. The standard InChI is InChI=1S/C4H5BrO/c5-3-1-2-4-6/h1-2,4H,3H2. The molecule has 0 N–H and O–H groups in total. The van der Waals surface area contributed by atoms with Gasteiger partial charge in [0, 0.05) is 5.33 Å². The lowest BCUT2D eigenvalue weighted by molar-refractivity contribution is -0.104. The fourth-order valence-electron chi connectivity index (χ4n) is 0.107. The van der Waals surface area contributed by atoms with Gasteiger partial charge in [-0.3, -0.25) is 4.79 Å². The molecular formula is C4H5BrO. The number of aldehydes is 1. The molecule has 0 spiro atoms. The van der Waals surface area contributed by atoms with E-state index in [-0.39, 0.29) is 0 Å². The maximum absolute atomic E-state index is 9.46. The SMILES string of the molecule is O=CC=CCBr. The van der Waals surface area contributed by atoms with Crippen LogP contribution >= 0.6 is 15.9 Å². The molecule has 2 heteroatoms. The van der Waals surface area contributed by atoms with E-state index >= 15 is 0 Å². The summed E-state index contributed by atoms with van der Waals surface area (Å²) in [4.78, 5) is 9.46. The third-order valence-corrected chi connectivity index (χ3v) is 0.678. The van der Waals surface area contributed by atoms with Crippen molar-refractivity contribution in [3.05, 3.63) is 12.2 Å². The summed E-state index contributed by atoms with van der Waals surface area (Å²) < 4.78 is 0. The smallest absolute Gasteiger partial charge is 0.142 e. The minimum atomic E-state index is 0.751. The van der Waals surface area contributed by atoms with Gasteiger partial charge in [-0.05, 0) is 6.08 Å². The van der Waals surface area contributed by atoms with Crippen LogP contribution in [0.3, 0.4) is 0 Å². The third-order valence-electron chi connectivity index (χ3n) is 0.304. The van der Waals surface area contributed by atoms with Crippen LogP contribution in [0, 0.1) is 0 Å². The quantitative estimate of drug-likeness (QED) is 0.326. The zero-order valence-electron chi connectivity index (χ0n) is 3.23. The Morgan fingerprint density at radius 3 is 2.50 bits per heavy atom. The Kier molecular flexibility index (Phi) is 4.80. The van der Waals surface area contributed by atoms with Gasteiger partial charge in [0.05, 0.1) is 0 Å². The van der Waals surface area contributed by atoms with E-state index in [0.717, 1.165) is 11.6 Å². The van der Waals surface area contributed by atoms with Gasteiger partial charge < -0.3 is 0 Å². The molecule has 0 aromatic heterocycles. The van der Waals surface area contributed by atoms with Crippen molar-refractivity contribution < 1.29 is 4.79 Å². The number of carbonyl (C=O) groups excluding carboxylic acids is 1. The first-order valence-corrected chi connectivity index (χ1v) is 2.70. The van der Waals surface area contributed by atoms with Crippen LogP contribution in [0.25, 0.3) is 0 Å². The van der Waals surface area contributed by atoms with Gasteiger partial charge in [-0.25, -0.2) is 0 Å². The lowest BCUT2D eigenvalue weighted by Crippen LogP contribution is -1.59. The van der Waals surface area contributed by atoms with Crippen LogP contribution in [-0.2, 0) is 4.79 Å². The number of rotatable bonds is 2. The molecule has 1 nitrogen and oxygen atoms in total. The van der Waals surface area contributed by atoms with E-state index in [1.807, 2.05) is 0 Å². The Labute approximate surface area is 45.2 Å². The lowest BCUT2D eigenvalue weighted by atomic mass is 10.6. The molecule has 0 heterocycles. The first-order valence-electron chi connectivity index (χ1n) is 1.58. The second-order valence-electron chi connectivity index (χ2n) is 0.719. The van der Waals surface area contributed by atoms with Crippen molar-refractivity contribution in [2.75, 3.05) is 5.33 Å². The van der Waals surface area contributed by atoms with Gasteiger partial charge in [0.1, 0.15) is 6.29 Å². The molecule has 0 aliphatic heterocycles. The normalized spacial score (nSPS) is 9.50. The van der Waals surface area contributed by atoms with E-state index in [2.05, 4.69) is 15.9 Å². The molecule has 0 aromatic rings. The average Bonchev–Trinajstić information content (AvgIpc) is 1.61. The molecule has 6 heavy (non-hydrogen) atoms. The van der Waals surface area contributed by atoms with Crippen LogP contribution < -0.4 is 0 Å². The maximum Gasteiger partial charge on any atom is 0.142 e. The summed E-state index contributed by atoms with van der Waals surface area (Å²) in [6.45, 7) is 0. The van der Waals surface area contributed by atoms with Crippen LogP contribution in [-0.4, -0.2) is 11.6 Å². The number of carbonyl (C=O) groups is 1. The summed E-state index contributed by atoms with van der Waals surface area (Å²) in [6, 6.07) is 0. The lowest BCUT2D eigenvalue weighted by Gasteiger charge is -1.63. The second kappa shape index (κ2) is 4.89. The molecule has 0 bridgehead atoms. The van der Waals surface area contributed by atoms with Gasteiger partial charge >= 0.3 is 0 Å². The van der Waals surface area contributed by atoms with E-state index in [1.54, 1.807) is 6.08 Å². The van der Waals surface area contributed by atoms with Crippen molar-refractivity contribution in [1.82, 2.24) is 0 Å². The predicted octanol–water partition coefficient (Wildman–Crippen LogP) is 1.14. The Morgan fingerprint density at radius 1 is 1.67 bits per heavy atom. The van der Waals surface area contributed by atoms with Crippen LogP contribution in [0.5, 0.6) is 0 Å². The van der Waals surface area contributed by atoms with E-state index in [1.165, 1.54) is 6.08 Å². The van der Waals surface area contributed by atoms with Gasteiger partial charge in [-0.2, -0.15) is 0 Å². The van der Waals surface area contributed by atoms with E-state index in [0.29, 0.717) is 0 Å². The van der Waals surface area contributed by atoms with E-state index < -0.39 is 0 Å². The summed E-state index contributed by atoms with van der Waals surface area (Å²) in [7, 11) is 0. The number of allylic oxidation sites excluding steroid dienone is 2. The molecule has 0 rings (SSSR count). The second-order valence-corrected chi connectivity index (χ2v) is 1.37. The molecule has 0 radical (unpaired) electrons. The van der Waals surface area contributed by atoms with Crippen molar-refractivity contribution in [2.24, 2.45) is 0 Å². The molecule has 0 amide bonds. The summed E-state index contributed by atoms with van der Waals surface area (Å²) in [5.41, 5.74) is 0. The molecule has 0 aromatic carbocycles. The zero-order chi connectivity index (χ0) is 4.83. The molecule has 0 atom stereocenters. The van der Waals surface area contributed by atoms with Crippen LogP contribution in [0.2, 0.25) is 0 Å². The largest absolute Gasteiger partial charge is 0.299 e. The van der Waals surface area contributed by atoms with Crippen molar-refractivity contribution >= 4 is 22.2 Å². The highest BCUT2D eigenvalue weighted by atomic mass is 79.9. The Bertz CT molecular complexity index is 58.6. The summed E-state index contributed by atoms with van der Waals surface area (Å²) in [5.74, 6) is 0. The molecule has 0 saturated carbocycles. The minimum Gasteiger partial charge on any atom is -0.299 e. The highest BCUT2D eigenvalue weighted by molar-refractivity contribution is 9.09. The summed E-state index contributed by atoms with van der Waals surface area (Å²) in [6.07, 6.45) is 3.93. The topological polar surface area (TPSA) is 17.1 Å². The minimum absolute atomic E-state index is 0.751. The molecular weight excluding hydrogens is 144 g/mol.